The first-order chi connectivity index (χ1) is 13.5. The van der Waals surface area contributed by atoms with Crippen molar-refractivity contribution in [2.45, 2.75) is 12.8 Å². The van der Waals surface area contributed by atoms with Crippen LogP contribution in [0.5, 0.6) is 0 Å². The van der Waals surface area contributed by atoms with E-state index in [0.29, 0.717) is 23.7 Å². The van der Waals surface area contributed by atoms with E-state index in [1.807, 2.05) is 37.2 Å². The number of carbonyl (C=O) groups is 1. The maximum Gasteiger partial charge on any atom is 0.350 e. The average molecular weight is 395 g/mol. The largest absolute Gasteiger partial charge is 0.460 e. The minimum Gasteiger partial charge on any atom is -0.460 e. The monoisotopic (exact) mass is 394 g/mol. The third-order valence-electron chi connectivity index (χ3n) is 4.79. The molecule has 0 fully saturated rings. The van der Waals surface area contributed by atoms with E-state index in [9.17, 15) is 4.79 Å². The summed E-state index contributed by atoms with van der Waals surface area (Å²) in [5.41, 5.74) is 4.55. The lowest BCUT2D eigenvalue weighted by Gasteiger charge is -2.12. The van der Waals surface area contributed by atoms with Gasteiger partial charge in [-0.05, 0) is 56.3 Å². The van der Waals surface area contributed by atoms with Crippen LogP contribution >= 0.6 is 11.3 Å². The standard InChI is InChI=1S/C21H22N4O2S/c1-25(2)9-10-27-21(26)20-19(16-7-8-23-12-18(16)28-20)24-14-4-5-15-13(11-14)3-6-17(15)22/h4-5,7-8,11-12,22,24H,3,6,9-10H2,1-2H3. The number of esters is 1. The fourth-order valence-corrected chi connectivity index (χ4v) is 4.34. The van der Waals surface area contributed by atoms with Gasteiger partial charge < -0.3 is 20.4 Å². The van der Waals surface area contributed by atoms with E-state index in [1.54, 1.807) is 12.4 Å². The van der Waals surface area contributed by atoms with Crippen molar-refractivity contribution in [3.8, 4) is 0 Å². The normalized spacial score (nSPS) is 13.2. The Hall–Kier alpha value is -2.77. The van der Waals surface area contributed by atoms with Crippen LogP contribution in [-0.4, -0.2) is 48.8 Å². The molecule has 0 saturated heterocycles. The van der Waals surface area contributed by atoms with Crippen molar-refractivity contribution in [3.63, 3.8) is 0 Å². The van der Waals surface area contributed by atoms with Crippen molar-refractivity contribution >= 4 is 44.5 Å². The molecule has 0 aliphatic heterocycles. The number of aryl methyl sites for hydroxylation is 1. The number of hydrogen-bond acceptors (Lipinski definition) is 7. The van der Waals surface area contributed by atoms with Crippen molar-refractivity contribution in [2.24, 2.45) is 0 Å². The van der Waals surface area contributed by atoms with Crippen LogP contribution < -0.4 is 5.32 Å². The minimum absolute atomic E-state index is 0.325. The minimum atomic E-state index is -0.325. The van der Waals surface area contributed by atoms with Crippen LogP contribution in [0.2, 0.25) is 0 Å². The Kier molecular flexibility index (Phi) is 5.11. The zero-order valence-corrected chi connectivity index (χ0v) is 16.7. The fraction of sp³-hybridized carbons (Fsp3) is 0.286. The summed E-state index contributed by atoms with van der Waals surface area (Å²) in [7, 11) is 3.89. The molecule has 2 aromatic heterocycles. The Morgan fingerprint density at radius 3 is 3.00 bits per heavy atom. The number of thiophene rings is 1. The van der Waals surface area contributed by atoms with E-state index in [4.69, 9.17) is 10.1 Å². The van der Waals surface area contributed by atoms with Crippen molar-refractivity contribution in [1.29, 1.82) is 5.41 Å². The number of benzene rings is 1. The van der Waals surface area contributed by atoms with E-state index in [2.05, 4.69) is 16.4 Å². The molecule has 0 bridgehead atoms. The van der Waals surface area contributed by atoms with E-state index < -0.39 is 0 Å². The number of nitrogens with zero attached hydrogens (tertiary/aromatic N) is 2. The van der Waals surface area contributed by atoms with Crippen molar-refractivity contribution < 1.29 is 9.53 Å². The molecular formula is C21H22N4O2S. The molecule has 1 aromatic carbocycles. The second-order valence-electron chi connectivity index (χ2n) is 7.09. The van der Waals surface area contributed by atoms with E-state index in [-0.39, 0.29) is 5.97 Å². The number of ether oxygens (including phenoxy) is 1. The van der Waals surface area contributed by atoms with E-state index in [0.717, 1.165) is 39.9 Å². The average Bonchev–Trinajstić information content (AvgIpc) is 3.22. The molecule has 1 aliphatic carbocycles. The SMILES string of the molecule is CN(C)CCOC(=O)c1sc2cnccc2c1Nc1ccc2c(c1)CCC2=N. The molecule has 3 aromatic rings. The van der Waals surface area contributed by atoms with Gasteiger partial charge in [0, 0.05) is 35.7 Å². The third-order valence-corrected chi connectivity index (χ3v) is 5.91. The highest BCUT2D eigenvalue weighted by Crippen LogP contribution is 2.38. The van der Waals surface area contributed by atoms with Crippen LogP contribution in [0, 0.1) is 5.41 Å². The summed E-state index contributed by atoms with van der Waals surface area (Å²) in [5, 5.41) is 12.4. The predicted octanol–water partition coefficient (Wildman–Crippen LogP) is 4.07. The summed E-state index contributed by atoms with van der Waals surface area (Å²) in [6.07, 6.45) is 5.17. The number of carbonyl (C=O) groups excluding carboxylic acids is 1. The van der Waals surface area contributed by atoms with E-state index >= 15 is 0 Å². The zero-order chi connectivity index (χ0) is 19.7. The second kappa shape index (κ2) is 7.69. The summed E-state index contributed by atoms with van der Waals surface area (Å²) in [4.78, 5) is 19.4. The Bertz CT molecular complexity index is 1060. The van der Waals surface area contributed by atoms with Crippen LogP contribution in [0.3, 0.4) is 0 Å². The highest BCUT2D eigenvalue weighted by Gasteiger charge is 2.21. The van der Waals surface area contributed by atoms with Crippen molar-refractivity contribution in [1.82, 2.24) is 9.88 Å². The maximum absolute atomic E-state index is 12.7. The fourth-order valence-electron chi connectivity index (χ4n) is 3.32. The number of fused-ring (bicyclic) bond motifs is 2. The number of nitrogens with one attached hydrogen (secondary N) is 2. The van der Waals surface area contributed by atoms with Gasteiger partial charge >= 0.3 is 5.97 Å². The molecule has 1 aliphatic rings. The maximum atomic E-state index is 12.7. The second-order valence-corrected chi connectivity index (χ2v) is 8.14. The van der Waals surface area contributed by atoms with Crippen LogP contribution in [0.4, 0.5) is 11.4 Å². The first-order valence-electron chi connectivity index (χ1n) is 9.19. The lowest BCUT2D eigenvalue weighted by atomic mass is 10.1. The zero-order valence-electron chi connectivity index (χ0n) is 15.9. The molecule has 0 spiro atoms. The molecule has 6 nitrogen and oxygen atoms in total. The molecule has 0 amide bonds. The lowest BCUT2D eigenvalue weighted by Crippen LogP contribution is -2.20. The lowest BCUT2D eigenvalue weighted by molar-refractivity contribution is 0.0488. The molecule has 0 atom stereocenters. The number of anilines is 2. The Morgan fingerprint density at radius 2 is 2.18 bits per heavy atom. The van der Waals surface area contributed by atoms with Crippen LogP contribution in [0.15, 0.2) is 36.7 Å². The van der Waals surface area contributed by atoms with Gasteiger partial charge in [-0.15, -0.1) is 11.3 Å². The third kappa shape index (κ3) is 3.63. The summed E-state index contributed by atoms with van der Waals surface area (Å²) >= 11 is 1.39. The highest BCUT2D eigenvalue weighted by atomic mass is 32.1. The van der Waals surface area contributed by atoms with Gasteiger partial charge in [-0.2, -0.15) is 0 Å². The van der Waals surface area contributed by atoms with Gasteiger partial charge in [0.1, 0.15) is 11.5 Å². The summed E-state index contributed by atoms with van der Waals surface area (Å²) < 4.78 is 6.41. The Morgan fingerprint density at radius 1 is 1.32 bits per heavy atom. The quantitative estimate of drug-likeness (QED) is 0.616. The topological polar surface area (TPSA) is 78.3 Å². The smallest absolute Gasteiger partial charge is 0.350 e. The van der Waals surface area contributed by atoms with Crippen LogP contribution in [-0.2, 0) is 11.2 Å². The highest BCUT2D eigenvalue weighted by molar-refractivity contribution is 7.21. The number of pyridine rings is 1. The molecule has 0 radical (unpaired) electrons. The molecule has 2 N–H and O–H groups in total. The van der Waals surface area contributed by atoms with Gasteiger partial charge in [-0.3, -0.25) is 4.98 Å². The Balaban J connectivity index is 1.65. The van der Waals surface area contributed by atoms with Crippen LogP contribution in [0.25, 0.3) is 10.1 Å². The predicted molar refractivity (Wildman–Crippen MR) is 113 cm³/mol. The number of aromatic nitrogens is 1. The number of likely N-dealkylation sites (N-methyl/N-ethyl adjacent to an activating group) is 1. The van der Waals surface area contributed by atoms with Gasteiger partial charge in [-0.25, -0.2) is 4.79 Å². The van der Waals surface area contributed by atoms with Gasteiger partial charge in [-0.1, -0.05) is 6.07 Å². The van der Waals surface area contributed by atoms with Crippen molar-refractivity contribution in [3.05, 3.63) is 52.7 Å². The molecule has 7 heteroatoms. The number of hydrogen-bond donors (Lipinski definition) is 2. The van der Waals surface area contributed by atoms with Crippen LogP contribution in [0.1, 0.15) is 27.2 Å². The molecule has 144 valence electrons. The first kappa shape index (κ1) is 18.6. The summed E-state index contributed by atoms with van der Waals surface area (Å²) in [6.45, 7) is 1.02. The van der Waals surface area contributed by atoms with E-state index in [1.165, 1.54) is 16.9 Å². The molecule has 28 heavy (non-hydrogen) atoms. The van der Waals surface area contributed by atoms with Gasteiger partial charge in [0.15, 0.2) is 0 Å². The van der Waals surface area contributed by atoms with Gasteiger partial charge in [0.2, 0.25) is 0 Å². The summed E-state index contributed by atoms with van der Waals surface area (Å²) in [5.74, 6) is -0.325. The van der Waals surface area contributed by atoms with Gasteiger partial charge in [0.25, 0.3) is 0 Å². The summed E-state index contributed by atoms with van der Waals surface area (Å²) in [6, 6.07) is 7.93. The van der Waals surface area contributed by atoms with Crippen molar-refractivity contribution in [2.75, 3.05) is 32.6 Å². The first-order valence-corrected chi connectivity index (χ1v) is 10.0. The Labute approximate surface area is 167 Å². The molecule has 4 rings (SSSR count). The molecule has 2 heterocycles. The molecular weight excluding hydrogens is 372 g/mol. The molecule has 0 saturated carbocycles. The van der Waals surface area contributed by atoms with Gasteiger partial charge in [0.05, 0.1) is 10.4 Å². The number of rotatable bonds is 6. The molecule has 0 unspecified atom stereocenters.